The van der Waals surface area contributed by atoms with Gasteiger partial charge in [-0.2, -0.15) is 5.10 Å². The number of carbonyl (C=O) groups excluding carboxylic acids is 1. The molecule has 1 amide bonds. The lowest BCUT2D eigenvalue weighted by atomic mass is 10.1. The first-order valence-corrected chi connectivity index (χ1v) is 8.86. The molecule has 0 unspecified atom stereocenters. The lowest BCUT2D eigenvalue weighted by Crippen LogP contribution is -2.36. The Kier molecular flexibility index (Phi) is 5.08. The highest BCUT2D eigenvalue weighted by Crippen LogP contribution is 2.33. The molecule has 2 aromatic rings. The van der Waals surface area contributed by atoms with E-state index in [-0.39, 0.29) is 11.9 Å². The number of rotatable bonds is 6. The van der Waals surface area contributed by atoms with E-state index < -0.39 is 6.10 Å². The molecule has 134 valence electrons. The van der Waals surface area contributed by atoms with Crippen molar-refractivity contribution in [1.82, 2.24) is 15.1 Å². The summed E-state index contributed by atoms with van der Waals surface area (Å²) in [6.07, 6.45) is 2.25. The van der Waals surface area contributed by atoms with Gasteiger partial charge in [-0.05, 0) is 51.0 Å². The van der Waals surface area contributed by atoms with Crippen molar-refractivity contribution >= 4 is 11.6 Å². The normalized spacial score (nSPS) is 17.8. The van der Waals surface area contributed by atoms with E-state index in [0.717, 1.165) is 22.7 Å². The molecule has 0 aliphatic carbocycles. The summed E-state index contributed by atoms with van der Waals surface area (Å²) in [4.78, 5) is 11.9. The van der Waals surface area contributed by atoms with Gasteiger partial charge in [0.1, 0.15) is 5.75 Å². The second-order valence-electron chi connectivity index (χ2n) is 6.74. The highest BCUT2D eigenvalue weighted by molar-refractivity contribution is 5.97. The number of hydrogen-bond acceptors (Lipinski definition) is 4. The van der Waals surface area contributed by atoms with E-state index in [1.807, 2.05) is 42.1 Å². The molecule has 0 saturated carbocycles. The second kappa shape index (κ2) is 7.27. The average molecular weight is 342 g/mol. The van der Waals surface area contributed by atoms with Gasteiger partial charge >= 0.3 is 0 Å². The van der Waals surface area contributed by atoms with Crippen molar-refractivity contribution < 1.29 is 9.53 Å². The molecule has 3 rings (SSSR count). The fourth-order valence-electron chi connectivity index (χ4n) is 2.83. The monoisotopic (exact) mass is 342 g/mol. The number of anilines is 1. The molecule has 0 spiro atoms. The molecule has 0 fully saturated rings. The van der Waals surface area contributed by atoms with E-state index in [1.54, 1.807) is 0 Å². The van der Waals surface area contributed by atoms with E-state index >= 15 is 0 Å². The Balaban J connectivity index is 1.66. The summed E-state index contributed by atoms with van der Waals surface area (Å²) in [6.45, 7) is 8.98. The molecule has 6 heteroatoms. The molecule has 1 aromatic carbocycles. The molecule has 2 atom stereocenters. The van der Waals surface area contributed by atoms with Crippen LogP contribution in [0.1, 0.15) is 57.5 Å². The largest absolute Gasteiger partial charge is 0.478 e. The number of ether oxygens (including phenoxy) is 1. The minimum Gasteiger partial charge on any atom is -0.478 e. The molecule has 0 saturated heterocycles. The molecule has 25 heavy (non-hydrogen) atoms. The van der Waals surface area contributed by atoms with Crippen molar-refractivity contribution in [2.75, 3.05) is 5.32 Å². The Morgan fingerprint density at radius 3 is 2.80 bits per heavy atom. The highest BCUT2D eigenvalue weighted by atomic mass is 16.5. The van der Waals surface area contributed by atoms with Gasteiger partial charge in [0.25, 0.3) is 5.91 Å². The van der Waals surface area contributed by atoms with Crippen LogP contribution in [0.5, 0.6) is 5.75 Å². The highest BCUT2D eigenvalue weighted by Gasteiger charge is 2.26. The van der Waals surface area contributed by atoms with Gasteiger partial charge in [0.15, 0.2) is 6.10 Å². The van der Waals surface area contributed by atoms with Crippen molar-refractivity contribution in [2.24, 2.45) is 0 Å². The van der Waals surface area contributed by atoms with Gasteiger partial charge in [-0.15, -0.1) is 0 Å². The Morgan fingerprint density at radius 1 is 1.32 bits per heavy atom. The zero-order valence-corrected chi connectivity index (χ0v) is 15.2. The predicted octanol–water partition coefficient (Wildman–Crippen LogP) is 3.42. The molecule has 0 bridgehead atoms. The third-order valence-electron chi connectivity index (χ3n) is 4.48. The molecule has 2 N–H and O–H groups in total. The SMILES string of the molecule is CC[C@H]1Oc2cc([C@@H](C)NCc3ccn(C(C)C)n3)ccc2NC1=O. The first-order valence-electron chi connectivity index (χ1n) is 8.86. The zero-order valence-electron chi connectivity index (χ0n) is 15.2. The molecular weight excluding hydrogens is 316 g/mol. The van der Waals surface area contributed by atoms with Crippen molar-refractivity contribution in [3.63, 3.8) is 0 Å². The second-order valence-corrected chi connectivity index (χ2v) is 6.74. The smallest absolute Gasteiger partial charge is 0.265 e. The van der Waals surface area contributed by atoms with E-state index in [2.05, 4.69) is 36.5 Å². The molecule has 1 aromatic heterocycles. The van der Waals surface area contributed by atoms with Gasteiger partial charge in [-0.25, -0.2) is 0 Å². The van der Waals surface area contributed by atoms with Gasteiger partial charge in [-0.3, -0.25) is 9.48 Å². The van der Waals surface area contributed by atoms with Crippen molar-refractivity contribution in [3.8, 4) is 5.75 Å². The molecule has 6 nitrogen and oxygen atoms in total. The van der Waals surface area contributed by atoms with E-state index in [0.29, 0.717) is 19.0 Å². The summed E-state index contributed by atoms with van der Waals surface area (Å²) in [6, 6.07) is 8.47. The molecule has 1 aliphatic heterocycles. The Hall–Kier alpha value is -2.34. The first-order chi connectivity index (χ1) is 12.0. The summed E-state index contributed by atoms with van der Waals surface area (Å²) in [5.74, 6) is 0.663. The number of nitrogens with zero attached hydrogens (tertiary/aromatic N) is 2. The van der Waals surface area contributed by atoms with Crippen LogP contribution >= 0.6 is 0 Å². The van der Waals surface area contributed by atoms with E-state index in [1.165, 1.54) is 0 Å². The maximum absolute atomic E-state index is 11.9. The molecule has 2 heterocycles. The van der Waals surface area contributed by atoms with Crippen LogP contribution in [0.4, 0.5) is 5.69 Å². The minimum atomic E-state index is -0.411. The predicted molar refractivity (Wildman–Crippen MR) is 97.6 cm³/mol. The number of nitrogens with one attached hydrogen (secondary N) is 2. The third-order valence-corrected chi connectivity index (χ3v) is 4.48. The van der Waals surface area contributed by atoms with Gasteiger partial charge in [0.2, 0.25) is 0 Å². The van der Waals surface area contributed by atoms with E-state index in [4.69, 9.17) is 4.74 Å². The fraction of sp³-hybridized carbons (Fsp3) is 0.474. The van der Waals surface area contributed by atoms with Gasteiger partial charge in [0.05, 0.1) is 11.4 Å². The van der Waals surface area contributed by atoms with Crippen LogP contribution in [-0.2, 0) is 11.3 Å². The van der Waals surface area contributed by atoms with Crippen LogP contribution in [0.2, 0.25) is 0 Å². The van der Waals surface area contributed by atoms with Crippen molar-refractivity contribution in [1.29, 1.82) is 0 Å². The van der Waals surface area contributed by atoms with Crippen LogP contribution in [0.25, 0.3) is 0 Å². The zero-order chi connectivity index (χ0) is 18.0. The average Bonchev–Trinajstić information content (AvgIpc) is 3.08. The summed E-state index contributed by atoms with van der Waals surface area (Å²) in [5.41, 5.74) is 2.88. The fourth-order valence-corrected chi connectivity index (χ4v) is 2.83. The van der Waals surface area contributed by atoms with Crippen LogP contribution < -0.4 is 15.4 Å². The number of aromatic nitrogens is 2. The summed E-state index contributed by atoms with van der Waals surface area (Å²) in [5, 5.41) is 10.9. The Bertz CT molecular complexity index is 754. The van der Waals surface area contributed by atoms with Crippen LogP contribution in [-0.4, -0.2) is 21.8 Å². The van der Waals surface area contributed by atoms with Crippen LogP contribution in [0, 0.1) is 0 Å². The van der Waals surface area contributed by atoms with Crippen molar-refractivity contribution in [2.45, 2.75) is 58.8 Å². The number of fused-ring (bicyclic) bond motifs is 1. The number of amides is 1. The Labute approximate surface area is 148 Å². The molecular formula is C19H26N4O2. The lowest BCUT2D eigenvalue weighted by molar-refractivity contribution is -0.123. The Morgan fingerprint density at radius 2 is 2.12 bits per heavy atom. The van der Waals surface area contributed by atoms with Crippen molar-refractivity contribution in [3.05, 3.63) is 41.7 Å². The molecule has 0 radical (unpaired) electrons. The third kappa shape index (κ3) is 3.85. The van der Waals surface area contributed by atoms with Crippen LogP contribution in [0.15, 0.2) is 30.5 Å². The maximum Gasteiger partial charge on any atom is 0.265 e. The van der Waals surface area contributed by atoms with E-state index in [9.17, 15) is 4.79 Å². The number of carbonyl (C=O) groups is 1. The number of benzene rings is 1. The van der Waals surface area contributed by atoms with Gasteiger partial charge in [-0.1, -0.05) is 13.0 Å². The molecule has 1 aliphatic rings. The first kappa shape index (κ1) is 17.5. The van der Waals surface area contributed by atoms with Gasteiger partial charge < -0.3 is 15.4 Å². The summed E-state index contributed by atoms with van der Waals surface area (Å²) in [7, 11) is 0. The maximum atomic E-state index is 11.9. The summed E-state index contributed by atoms with van der Waals surface area (Å²) >= 11 is 0. The van der Waals surface area contributed by atoms with Gasteiger partial charge in [0, 0.05) is 24.8 Å². The lowest BCUT2D eigenvalue weighted by Gasteiger charge is -2.26. The van der Waals surface area contributed by atoms with Crippen LogP contribution in [0.3, 0.4) is 0 Å². The standard InChI is InChI=1S/C19H26N4O2/c1-5-17-19(24)21-16-7-6-14(10-18(16)25-17)13(4)20-11-15-8-9-23(22-15)12(2)3/h6-10,12-13,17,20H,5,11H2,1-4H3,(H,21,24)/t13-,17-/m1/s1. The number of hydrogen-bond donors (Lipinski definition) is 2. The topological polar surface area (TPSA) is 68.2 Å². The quantitative estimate of drug-likeness (QED) is 0.844. The minimum absolute atomic E-state index is 0.0744. The summed E-state index contributed by atoms with van der Waals surface area (Å²) < 4.78 is 7.78.